The molecular weight excluding hydrogens is 388 g/mol. The molecule has 0 unspecified atom stereocenters. The van der Waals surface area contributed by atoms with Crippen LogP contribution < -0.4 is 10.9 Å². The van der Waals surface area contributed by atoms with Crippen molar-refractivity contribution in [1.29, 1.82) is 0 Å². The van der Waals surface area contributed by atoms with Crippen LogP contribution in [-0.2, 0) is 22.4 Å². The zero-order valence-corrected chi connectivity index (χ0v) is 17.9. The van der Waals surface area contributed by atoms with E-state index in [1.807, 2.05) is 19.2 Å². The molecule has 2 saturated carbocycles. The van der Waals surface area contributed by atoms with E-state index in [1.54, 1.807) is 11.3 Å². The van der Waals surface area contributed by atoms with Gasteiger partial charge in [-0.3, -0.25) is 25.2 Å². The lowest BCUT2D eigenvalue weighted by atomic mass is 9.79. The summed E-state index contributed by atoms with van der Waals surface area (Å²) >= 11 is 1.60. The summed E-state index contributed by atoms with van der Waals surface area (Å²) in [5.74, 6) is -2.47. The van der Waals surface area contributed by atoms with Gasteiger partial charge in [0.05, 0.1) is 17.4 Å². The average molecular weight is 417 g/mol. The minimum absolute atomic E-state index is 0.0432. The second-order valence-electron chi connectivity index (χ2n) is 8.98. The first kappa shape index (κ1) is 20.1. The molecule has 4 rings (SSSR count). The highest BCUT2D eigenvalue weighted by atomic mass is 32.1. The summed E-state index contributed by atoms with van der Waals surface area (Å²) in [5, 5.41) is 11.6. The fourth-order valence-electron chi connectivity index (χ4n) is 5.74. The Labute approximate surface area is 174 Å². The second-order valence-corrected chi connectivity index (χ2v) is 9.94. The molecule has 0 aromatic carbocycles. The van der Waals surface area contributed by atoms with E-state index in [0.717, 1.165) is 48.8 Å². The van der Waals surface area contributed by atoms with E-state index in [9.17, 15) is 19.5 Å². The van der Waals surface area contributed by atoms with Crippen LogP contribution in [0.25, 0.3) is 0 Å². The second kappa shape index (κ2) is 7.59. The van der Waals surface area contributed by atoms with Gasteiger partial charge in [-0.05, 0) is 69.3 Å². The molecule has 1 aromatic rings. The summed E-state index contributed by atoms with van der Waals surface area (Å²) in [4.78, 5) is 38.8. The van der Waals surface area contributed by atoms with Gasteiger partial charge < -0.3 is 5.11 Å². The normalized spacial score (nSPS) is 30.0. The zero-order chi connectivity index (χ0) is 20.9. The Morgan fingerprint density at radius 1 is 1.07 bits per heavy atom. The van der Waals surface area contributed by atoms with Gasteiger partial charge in [-0.1, -0.05) is 18.1 Å². The molecular formula is C22H28N2O4S. The predicted molar refractivity (Wildman–Crippen MR) is 110 cm³/mol. The van der Waals surface area contributed by atoms with Crippen LogP contribution >= 0.6 is 11.3 Å². The number of nitrogens with one attached hydrogen (secondary N) is 2. The van der Waals surface area contributed by atoms with E-state index in [2.05, 4.69) is 17.8 Å². The van der Waals surface area contributed by atoms with Crippen molar-refractivity contribution in [3.05, 3.63) is 32.5 Å². The van der Waals surface area contributed by atoms with Gasteiger partial charge in [-0.15, -0.1) is 11.3 Å². The van der Waals surface area contributed by atoms with Gasteiger partial charge in [-0.25, -0.2) is 0 Å². The SMILES string of the molecule is CC(C)=C1[C@H]2CC[C@H]1[C@@H](C(=O)NNC(=O)c1csc3c1CC[C@@H](C)C3)[C@@H]2C(=O)O. The summed E-state index contributed by atoms with van der Waals surface area (Å²) < 4.78 is 0. The van der Waals surface area contributed by atoms with Crippen molar-refractivity contribution in [2.45, 2.75) is 52.9 Å². The Bertz CT molecular complexity index is 899. The fourth-order valence-corrected chi connectivity index (χ4v) is 6.99. The lowest BCUT2D eigenvalue weighted by Crippen LogP contribution is -2.48. The summed E-state index contributed by atoms with van der Waals surface area (Å²) in [5.41, 5.74) is 9.05. The lowest BCUT2D eigenvalue weighted by molar-refractivity contribution is -0.149. The minimum atomic E-state index is -0.927. The number of hydrazine groups is 1. The number of carbonyl (C=O) groups is 3. The van der Waals surface area contributed by atoms with Crippen LogP contribution in [0.1, 0.15) is 60.8 Å². The van der Waals surface area contributed by atoms with Crippen molar-refractivity contribution in [3.8, 4) is 0 Å². The molecule has 0 radical (unpaired) electrons. The van der Waals surface area contributed by atoms with Gasteiger partial charge in [0.1, 0.15) is 0 Å². The van der Waals surface area contributed by atoms with Gasteiger partial charge in [0.2, 0.25) is 5.91 Å². The Morgan fingerprint density at radius 2 is 1.76 bits per heavy atom. The summed E-state index contributed by atoms with van der Waals surface area (Å²) in [7, 11) is 0. The monoisotopic (exact) mass is 416 g/mol. The van der Waals surface area contributed by atoms with Crippen LogP contribution in [0.4, 0.5) is 0 Å². The third-order valence-electron chi connectivity index (χ3n) is 6.95. The Morgan fingerprint density at radius 3 is 2.41 bits per heavy atom. The minimum Gasteiger partial charge on any atom is -0.481 e. The van der Waals surface area contributed by atoms with Crippen LogP contribution in [0.2, 0.25) is 0 Å². The molecule has 2 fully saturated rings. The van der Waals surface area contributed by atoms with E-state index in [1.165, 1.54) is 4.88 Å². The molecule has 0 spiro atoms. The quantitative estimate of drug-likeness (QED) is 0.520. The topological polar surface area (TPSA) is 95.5 Å². The lowest BCUT2D eigenvalue weighted by Gasteiger charge is -2.26. The van der Waals surface area contributed by atoms with Crippen molar-refractivity contribution < 1.29 is 19.5 Å². The third kappa shape index (κ3) is 3.39. The zero-order valence-electron chi connectivity index (χ0n) is 17.1. The molecule has 3 aliphatic rings. The largest absolute Gasteiger partial charge is 0.481 e. The number of amides is 2. The number of thiophene rings is 1. The van der Waals surface area contributed by atoms with Crippen molar-refractivity contribution in [1.82, 2.24) is 10.9 Å². The smallest absolute Gasteiger partial charge is 0.307 e. The average Bonchev–Trinajstić information content (AvgIpc) is 3.36. The first-order chi connectivity index (χ1) is 13.8. The first-order valence-electron chi connectivity index (χ1n) is 10.4. The van der Waals surface area contributed by atoms with Gasteiger partial charge >= 0.3 is 5.97 Å². The molecule has 156 valence electrons. The van der Waals surface area contributed by atoms with Crippen molar-refractivity contribution >= 4 is 29.1 Å². The number of carboxylic acids is 1. The van der Waals surface area contributed by atoms with Crippen molar-refractivity contribution in [2.75, 3.05) is 0 Å². The van der Waals surface area contributed by atoms with Gasteiger partial charge in [0.25, 0.3) is 5.91 Å². The van der Waals surface area contributed by atoms with Gasteiger partial charge in [0.15, 0.2) is 0 Å². The van der Waals surface area contributed by atoms with E-state index in [4.69, 9.17) is 0 Å². The Kier molecular flexibility index (Phi) is 5.27. The molecule has 7 heteroatoms. The van der Waals surface area contributed by atoms with Crippen molar-refractivity contribution in [3.63, 3.8) is 0 Å². The third-order valence-corrected chi connectivity index (χ3v) is 8.00. The number of hydrogen-bond acceptors (Lipinski definition) is 4. The van der Waals surface area contributed by atoms with Crippen LogP contribution in [0.5, 0.6) is 0 Å². The van der Waals surface area contributed by atoms with Crippen LogP contribution in [0.3, 0.4) is 0 Å². The maximum Gasteiger partial charge on any atom is 0.307 e. The molecule has 0 aliphatic heterocycles. The molecule has 6 nitrogen and oxygen atoms in total. The predicted octanol–water partition coefficient (Wildman–Crippen LogP) is 3.33. The highest BCUT2D eigenvalue weighted by molar-refractivity contribution is 7.10. The van der Waals surface area contributed by atoms with E-state index < -0.39 is 23.7 Å². The highest BCUT2D eigenvalue weighted by Crippen LogP contribution is 2.57. The van der Waals surface area contributed by atoms with Crippen molar-refractivity contribution in [2.24, 2.45) is 29.6 Å². The number of aliphatic carboxylic acids is 1. The van der Waals surface area contributed by atoms with Gasteiger partial charge in [-0.2, -0.15) is 0 Å². The molecule has 2 bridgehead atoms. The molecule has 5 atom stereocenters. The maximum absolute atomic E-state index is 12.9. The molecule has 1 aromatic heterocycles. The van der Waals surface area contributed by atoms with Crippen LogP contribution in [0, 0.1) is 29.6 Å². The Hall–Kier alpha value is -2.15. The number of carboxylic acid groups (broad SMARTS) is 1. The molecule has 29 heavy (non-hydrogen) atoms. The van der Waals surface area contributed by atoms with E-state index in [0.29, 0.717) is 11.5 Å². The molecule has 2 amide bonds. The fraction of sp³-hybridized carbons (Fsp3) is 0.591. The van der Waals surface area contributed by atoms with Crippen LogP contribution in [0.15, 0.2) is 16.5 Å². The standard InChI is InChI=1S/C22H28N2O4S/c1-10(2)17-13-6-7-14(17)19(22(27)28)18(13)21(26)24-23-20(25)15-9-29-16-8-11(3)4-5-12(15)16/h9,11,13-14,18-19H,4-8H2,1-3H3,(H,23,25)(H,24,26)(H,27,28)/t11-,13-,14-,18-,19-/m1/s1. The number of carbonyl (C=O) groups excluding carboxylic acids is 2. The van der Waals surface area contributed by atoms with Gasteiger partial charge in [0, 0.05) is 10.3 Å². The summed E-state index contributed by atoms with van der Waals surface area (Å²) in [6.07, 6.45) is 4.59. The van der Waals surface area contributed by atoms with E-state index >= 15 is 0 Å². The van der Waals surface area contributed by atoms with E-state index in [-0.39, 0.29) is 17.7 Å². The number of allylic oxidation sites excluding steroid dienone is 2. The first-order valence-corrected chi connectivity index (χ1v) is 11.3. The summed E-state index contributed by atoms with van der Waals surface area (Å²) in [6, 6.07) is 0. The number of rotatable bonds is 3. The molecule has 0 saturated heterocycles. The molecule has 3 N–H and O–H groups in total. The molecule has 1 heterocycles. The summed E-state index contributed by atoms with van der Waals surface area (Å²) in [6.45, 7) is 6.20. The Balaban J connectivity index is 1.47. The maximum atomic E-state index is 12.9. The van der Waals surface area contributed by atoms with Crippen LogP contribution in [-0.4, -0.2) is 22.9 Å². The number of hydrogen-bond donors (Lipinski definition) is 3. The molecule has 3 aliphatic carbocycles. The number of fused-ring (bicyclic) bond motifs is 3. The highest BCUT2D eigenvalue weighted by Gasteiger charge is 2.57.